The maximum absolute atomic E-state index is 11.4. The second-order valence-electron chi connectivity index (χ2n) is 3.80. The van der Waals surface area contributed by atoms with Crippen molar-refractivity contribution >= 4 is 35.0 Å². The summed E-state index contributed by atoms with van der Waals surface area (Å²) in [5.41, 5.74) is 0.992. The molecule has 6 nitrogen and oxygen atoms in total. The van der Waals surface area contributed by atoms with Gasteiger partial charge in [0.15, 0.2) is 0 Å². The van der Waals surface area contributed by atoms with Crippen LogP contribution in [-0.2, 0) is 15.3 Å². The third kappa shape index (κ3) is 6.04. The second kappa shape index (κ2) is 8.13. The van der Waals surface area contributed by atoms with Crippen molar-refractivity contribution in [3.63, 3.8) is 0 Å². The van der Waals surface area contributed by atoms with Crippen molar-refractivity contribution in [1.82, 2.24) is 10.3 Å². The fourth-order valence-electron chi connectivity index (χ4n) is 1.27. The molecule has 1 amide bonds. The first-order chi connectivity index (χ1) is 9.02. The molecule has 1 rings (SSSR count). The summed E-state index contributed by atoms with van der Waals surface area (Å²) < 4.78 is 0. The highest BCUT2D eigenvalue weighted by molar-refractivity contribution is 7.98. The highest BCUT2D eigenvalue weighted by atomic mass is 32.2. The highest BCUT2D eigenvalue weighted by Gasteiger charge is 2.18. The van der Waals surface area contributed by atoms with E-state index in [9.17, 15) is 9.59 Å². The Morgan fingerprint density at radius 3 is 2.84 bits per heavy atom. The number of aliphatic hydroxyl groups is 1. The normalized spacial score (nSPS) is 12.1. The topological polar surface area (TPSA) is 99.5 Å². The lowest BCUT2D eigenvalue weighted by molar-refractivity contribution is -0.142. The molecule has 0 radical (unpaired) electrons. The van der Waals surface area contributed by atoms with E-state index in [2.05, 4.69) is 10.3 Å². The van der Waals surface area contributed by atoms with Crippen molar-refractivity contribution in [3.05, 3.63) is 16.1 Å². The molecule has 0 unspecified atom stereocenters. The zero-order valence-corrected chi connectivity index (χ0v) is 12.1. The summed E-state index contributed by atoms with van der Waals surface area (Å²) in [4.78, 5) is 26.3. The van der Waals surface area contributed by atoms with Crippen LogP contribution in [0.4, 0.5) is 0 Å². The van der Waals surface area contributed by atoms with Gasteiger partial charge in [0, 0.05) is 23.3 Å². The average Bonchev–Trinajstić information content (AvgIpc) is 2.77. The summed E-state index contributed by atoms with van der Waals surface area (Å²) in [6, 6.07) is -1.22. The predicted octanol–water partition coefficient (Wildman–Crippen LogP) is 0.637. The fraction of sp³-hybridized carbons (Fsp3) is 0.545. The van der Waals surface area contributed by atoms with Crippen molar-refractivity contribution in [2.24, 2.45) is 0 Å². The molecule has 8 heteroatoms. The predicted molar refractivity (Wildman–Crippen MR) is 74.3 cm³/mol. The van der Waals surface area contributed by atoms with Gasteiger partial charge in [0.1, 0.15) is 6.04 Å². The number of carbonyl (C=O) groups is 2. The van der Waals surface area contributed by atoms with Gasteiger partial charge in [-0.3, -0.25) is 4.79 Å². The van der Waals surface area contributed by atoms with Crippen molar-refractivity contribution in [3.8, 4) is 0 Å². The van der Waals surface area contributed by atoms with Crippen molar-refractivity contribution < 1.29 is 19.8 Å². The minimum Gasteiger partial charge on any atom is -0.480 e. The number of hydrogen-bond donors (Lipinski definition) is 3. The Hall–Kier alpha value is -1.12. The molecule has 0 saturated carbocycles. The monoisotopic (exact) mass is 304 g/mol. The number of nitrogens with zero attached hydrogens (tertiary/aromatic N) is 1. The van der Waals surface area contributed by atoms with Gasteiger partial charge in [0.2, 0.25) is 5.91 Å². The summed E-state index contributed by atoms with van der Waals surface area (Å²) in [6.45, 7) is 1.33. The molecule has 0 aliphatic carbocycles. The van der Waals surface area contributed by atoms with Crippen LogP contribution in [0.2, 0.25) is 0 Å². The number of rotatable bonds is 8. The van der Waals surface area contributed by atoms with E-state index in [0.29, 0.717) is 5.75 Å². The van der Waals surface area contributed by atoms with Crippen LogP contribution in [0.3, 0.4) is 0 Å². The minimum atomic E-state index is -1.23. The third-order valence-corrected chi connectivity index (χ3v) is 4.02. The van der Waals surface area contributed by atoms with E-state index in [-0.39, 0.29) is 12.3 Å². The molecule has 0 saturated heterocycles. The molecular weight excluding hydrogens is 288 g/mol. The maximum atomic E-state index is 11.4. The number of carboxylic acid groups (broad SMARTS) is 1. The third-order valence-electron chi connectivity index (χ3n) is 2.21. The number of thiazole rings is 1. The quantitative estimate of drug-likeness (QED) is 0.609. The zero-order chi connectivity index (χ0) is 14.3. The molecule has 0 aromatic carbocycles. The summed E-state index contributed by atoms with van der Waals surface area (Å²) >= 11 is 3.15. The molecule has 1 aromatic heterocycles. The number of carbonyl (C=O) groups excluding carboxylic acids is 1. The molecule has 3 N–H and O–H groups in total. The molecule has 1 atom stereocenters. The standard InChI is InChI=1S/C11H16N2O4S2/c1-7-12-8(6-19-7)5-18-3-2-10(15)13-9(4-14)11(16)17/h6,9,14H,2-5H2,1H3,(H,13,15)(H,16,17)/t9-/m0/s1. The van der Waals surface area contributed by atoms with Crippen LogP contribution in [0.5, 0.6) is 0 Å². The maximum Gasteiger partial charge on any atom is 0.328 e. The Kier molecular flexibility index (Phi) is 6.82. The molecule has 0 aliphatic heterocycles. The zero-order valence-electron chi connectivity index (χ0n) is 10.5. The smallest absolute Gasteiger partial charge is 0.328 e. The number of thioether (sulfide) groups is 1. The summed E-state index contributed by atoms with van der Waals surface area (Å²) in [7, 11) is 0. The van der Waals surface area contributed by atoms with Crippen LogP contribution in [0, 0.1) is 6.92 Å². The number of carboxylic acids is 1. The first kappa shape index (κ1) is 15.9. The molecule has 0 fully saturated rings. The van der Waals surface area contributed by atoms with Crippen LogP contribution in [0.15, 0.2) is 5.38 Å². The van der Waals surface area contributed by atoms with E-state index < -0.39 is 18.6 Å². The Bertz CT molecular complexity index is 436. The number of aliphatic hydroxyl groups excluding tert-OH is 1. The Balaban J connectivity index is 2.18. The first-order valence-corrected chi connectivity index (χ1v) is 7.68. The number of aliphatic carboxylic acids is 1. The minimum absolute atomic E-state index is 0.220. The van der Waals surface area contributed by atoms with E-state index in [1.165, 1.54) is 0 Å². The number of amides is 1. The van der Waals surface area contributed by atoms with Gasteiger partial charge < -0.3 is 15.5 Å². The molecule has 0 aliphatic rings. The summed E-state index contributed by atoms with van der Waals surface area (Å²) in [6.07, 6.45) is 0.220. The number of aryl methyl sites for hydroxylation is 1. The van der Waals surface area contributed by atoms with E-state index in [0.717, 1.165) is 16.5 Å². The number of hydrogen-bond acceptors (Lipinski definition) is 6. The molecule has 1 heterocycles. The second-order valence-corrected chi connectivity index (χ2v) is 5.97. The van der Waals surface area contributed by atoms with E-state index in [1.807, 2.05) is 12.3 Å². The van der Waals surface area contributed by atoms with Crippen molar-refractivity contribution in [2.45, 2.75) is 25.1 Å². The van der Waals surface area contributed by atoms with Gasteiger partial charge in [-0.2, -0.15) is 11.8 Å². The summed E-state index contributed by atoms with van der Waals surface area (Å²) in [5.74, 6) is -0.287. The average molecular weight is 304 g/mol. The van der Waals surface area contributed by atoms with Crippen LogP contribution < -0.4 is 5.32 Å². The molecule has 0 spiro atoms. The largest absolute Gasteiger partial charge is 0.480 e. The molecule has 19 heavy (non-hydrogen) atoms. The van der Waals surface area contributed by atoms with Crippen molar-refractivity contribution in [2.75, 3.05) is 12.4 Å². The fourth-order valence-corrected chi connectivity index (χ4v) is 2.82. The molecule has 106 valence electrons. The van der Waals surface area contributed by atoms with E-state index >= 15 is 0 Å². The SMILES string of the molecule is Cc1nc(CSCCC(=O)N[C@@H](CO)C(=O)O)cs1. The Morgan fingerprint density at radius 2 is 2.32 bits per heavy atom. The molecular formula is C11H16N2O4S2. The van der Waals surface area contributed by atoms with Crippen LogP contribution in [0.25, 0.3) is 0 Å². The highest BCUT2D eigenvalue weighted by Crippen LogP contribution is 2.15. The van der Waals surface area contributed by atoms with Crippen molar-refractivity contribution in [1.29, 1.82) is 0 Å². The van der Waals surface area contributed by atoms with Crippen LogP contribution in [0.1, 0.15) is 17.1 Å². The van der Waals surface area contributed by atoms with Gasteiger partial charge in [0.25, 0.3) is 0 Å². The van der Waals surface area contributed by atoms with Gasteiger partial charge >= 0.3 is 5.97 Å². The lowest BCUT2D eigenvalue weighted by atomic mass is 10.3. The summed E-state index contributed by atoms with van der Waals surface area (Å²) in [5, 5.41) is 22.7. The lowest BCUT2D eigenvalue weighted by Crippen LogP contribution is -2.43. The van der Waals surface area contributed by atoms with Gasteiger partial charge in [-0.05, 0) is 6.92 Å². The Morgan fingerprint density at radius 1 is 1.58 bits per heavy atom. The lowest BCUT2D eigenvalue weighted by Gasteiger charge is -2.11. The van der Waals surface area contributed by atoms with E-state index in [4.69, 9.17) is 10.2 Å². The molecule has 0 bridgehead atoms. The first-order valence-electron chi connectivity index (χ1n) is 5.64. The van der Waals surface area contributed by atoms with Gasteiger partial charge in [-0.25, -0.2) is 9.78 Å². The van der Waals surface area contributed by atoms with Crippen LogP contribution in [-0.4, -0.2) is 45.5 Å². The van der Waals surface area contributed by atoms with Gasteiger partial charge in [-0.15, -0.1) is 11.3 Å². The van der Waals surface area contributed by atoms with Gasteiger partial charge in [0.05, 0.1) is 17.3 Å². The molecule has 1 aromatic rings. The van der Waals surface area contributed by atoms with E-state index in [1.54, 1.807) is 23.1 Å². The number of aromatic nitrogens is 1. The van der Waals surface area contributed by atoms with Gasteiger partial charge in [-0.1, -0.05) is 0 Å². The number of nitrogens with one attached hydrogen (secondary N) is 1. The Labute approximate surface area is 119 Å². The van der Waals surface area contributed by atoms with Crippen LogP contribution >= 0.6 is 23.1 Å².